The van der Waals surface area contributed by atoms with E-state index in [2.05, 4.69) is 10.6 Å². The largest absolute Gasteiger partial charge is 0.330 e. The van der Waals surface area contributed by atoms with Gasteiger partial charge in [0.25, 0.3) is 5.56 Å². The molecule has 0 saturated carbocycles. The molecule has 2 aromatic carbocycles. The van der Waals surface area contributed by atoms with E-state index >= 15 is 0 Å². The molecule has 4 rings (SSSR count). The Balaban J connectivity index is 1.50. The summed E-state index contributed by atoms with van der Waals surface area (Å²) in [4.78, 5) is 51.2. The van der Waals surface area contributed by atoms with Crippen LogP contribution in [0.1, 0.15) is 6.42 Å². The first-order valence-corrected chi connectivity index (χ1v) is 9.99. The Morgan fingerprint density at radius 1 is 1.06 bits per heavy atom. The molecule has 0 radical (unpaired) electrons. The third-order valence-electron chi connectivity index (χ3n) is 5.38. The van der Waals surface area contributed by atoms with Gasteiger partial charge in [-0.2, -0.15) is 0 Å². The summed E-state index contributed by atoms with van der Waals surface area (Å²) in [6, 6.07) is 10.5. The van der Waals surface area contributed by atoms with Crippen molar-refractivity contribution in [3.05, 3.63) is 68.3 Å². The molecule has 31 heavy (non-hydrogen) atoms. The minimum absolute atomic E-state index is 0.243. The second-order valence-corrected chi connectivity index (χ2v) is 7.73. The Morgan fingerprint density at radius 3 is 2.55 bits per heavy atom. The summed E-state index contributed by atoms with van der Waals surface area (Å²) >= 11 is 6.18. The third kappa shape index (κ3) is 3.68. The lowest BCUT2D eigenvalue weighted by atomic mass is 10.2. The molecular formula is C21H20ClN5O4. The average molecular weight is 442 g/mol. The van der Waals surface area contributed by atoms with E-state index in [0.717, 1.165) is 4.57 Å². The number of urea groups is 1. The monoisotopic (exact) mass is 441 g/mol. The molecule has 1 aliphatic heterocycles. The molecule has 0 aliphatic carbocycles. The van der Waals surface area contributed by atoms with Crippen LogP contribution in [0.4, 0.5) is 16.2 Å². The molecule has 1 aromatic heterocycles. The fraction of sp³-hybridized carbons (Fsp3) is 0.238. The van der Waals surface area contributed by atoms with Crippen molar-refractivity contribution in [3.8, 4) is 0 Å². The first kappa shape index (κ1) is 20.7. The summed E-state index contributed by atoms with van der Waals surface area (Å²) in [5.41, 5.74) is 0.519. The molecule has 160 valence electrons. The van der Waals surface area contributed by atoms with Crippen LogP contribution in [0, 0.1) is 0 Å². The Morgan fingerprint density at radius 2 is 1.81 bits per heavy atom. The second-order valence-electron chi connectivity index (χ2n) is 7.32. The number of nitrogens with zero attached hydrogens (tertiary/aromatic N) is 3. The molecule has 9 nitrogen and oxygen atoms in total. The summed E-state index contributed by atoms with van der Waals surface area (Å²) in [5, 5.41) is 6.15. The quantitative estimate of drug-likeness (QED) is 0.646. The zero-order valence-electron chi connectivity index (χ0n) is 16.9. The van der Waals surface area contributed by atoms with Gasteiger partial charge < -0.3 is 15.5 Å². The van der Waals surface area contributed by atoms with E-state index in [1.54, 1.807) is 54.4 Å². The number of fused-ring (bicyclic) bond motifs is 1. The fourth-order valence-corrected chi connectivity index (χ4v) is 3.95. The van der Waals surface area contributed by atoms with Gasteiger partial charge >= 0.3 is 11.7 Å². The van der Waals surface area contributed by atoms with Gasteiger partial charge in [0.2, 0.25) is 5.91 Å². The van der Waals surface area contributed by atoms with Gasteiger partial charge in [-0.25, -0.2) is 9.59 Å². The van der Waals surface area contributed by atoms with Crippen molar-refractivity contribution in [1.82, 2.24) is 14.5 Å². The smallest absolute Gasteiger partial charge is 0.326 e. The van der Waals surface area contributed by atoms with E-state index in [1.165, 1.54) is 11.6 Å². The predicted molar refractivity (Wildman–Crippen MR) is 119 cm³/mol. The van der Waals surface area contributed by atoms with Gasteiger partial charge in [0.05, 0.1) is 21.6 Å². The van der Waals surface area contributed by atoms with Crippen LogP contribution >= 0.6 is 11.6 Å². The maximum absolute atomic E-state index is 12.7. The molecule has 1 unspecified atom stereocenters. The molecule has 2 N–H and O–H groups in total. The third-order valence-corrected chi connectivity index (χ3v) is 5.70. The van der Waals surface area contributed by atoms with Crippen LogP contribution in [-0.4, -0.2) is 33.7 Å². The molecule has 1 fully saturated rings. The molecule has 1 atom stereocenters. The van der Waals surface area contributed by atoms with Gasteiger partial charge in [-0.1, -0.05) is 23.7 Å². The van der Waals surface area contributed by atoms with Gasteiger partial charge in [0, 0.05) is 26.3 Å². The highest BCUT2D eigenvalue weighted by Crippen LogP contribution is 2.29. The summed E-state index contributed by atoms with van der Waals surface area (Å²) in [6.45, 7) is 0.439. The number of aromatic nitrogens is 2. The van der Waals surface area contributed by atoms with E-state index in [9.17, 15) is 19.2 Å². The van der Waals surface area contributed by atoms with E-state index in [-0.39, 0.29) is 5.91 Å². The highest BCUT2D eigenvalue weighted by atomic mass is 35.5. The number of aryl methyl sites for hydroxylation is 1. The number of benzene rings is 2. The standard InChI is InChI=1S/C21H20ClN5O4/c1-25-17-11-12(7-8-13(17)18(28)26(2)21(25)31)23-20(30)24-15-9-10-27(19(15)29)16-6-4-3-5-14(16)22/h3-8,11,15H,9-10H2,1-2H3,(H2,23,24,30). The van der Waals surface area contributed by atoms with Crippen LogP contribution in [0.15, 0.2) is 52.1 Å². The number of carbonyl (C=O) groups is 2. The maximum Gasteiger partial charge on any atom is 0.330 e. The number of hydrogen-bond donors (Lipinski definition) is 2. The number of hydrogen-bond acceptors (Lipinski definition) is 4. The molecule has 0 bridgehead atoms. The minimum atomic E-state index is -0.687. The first-order valence-electron chi connectivity index (χ1n) is 9.61. The highest BCUT2D eigenvalue weighted by molar-refractivity contribution is 6.34. The highest BCUT2D eigenvalue weighted by Gasteiger charge is 2.34. The van der Waals surface area contributed by atoms with Gasteiger partial charge in [-0.3, -0.25) is 18.7 Å². The van der Waals surface area contributed by atoms with Crippen molar-refractivity contribution in [3.63, 3.8) is 0 Å². The Kier molecular flexibility index (Phi) is 5.28. The van der Waals surface area contributed by atoms with Crippen molar-refractivity contribution in [2.75, 3.05) is 16.8 Å². The van der Waals surface area contributed by atoms with Crippen molar-refractivity contribution in [2.24, 2.45) is 14.1 Å². The summed E-state index contributed by atoms with van der Waals surface area (Å²) in [7, 11) is 2.96. The van der Waals surface area contributed by atoms with E-state index in [4.69, 9.17) is 11.6 Å². The number of carbonyl (C=O) groups excluding carboxylic acids is 2. The summed E-state index contributed by atoms with van der Waals surface area (Å²) < 4.78 is 2.36. The maximum atomic E-state index is 12.7. The fourth-order valence-electron chi connectivity index (χ4n) is 3.71. The summed E-state index contributed by atoms with van der Waals surface area (Å²) in [6.07, 6.45) is 0.444. The number of nitrogens with one attached hydrogen (secondary N) is 2. The Bertz CT molecular complexity index is 1330. The van der Waals surface area contributed by atoms with Crippen molar-refractivity contribution in [2.45, 2.75) is 12.5 Å². The normalized spacial score (nSPS) is 16.0. The molecule has 3 aromatic rings. The zero-order valence-corrected chi connectivity index (χ0v) is 17.6. The molecule has 10 heteroatoms. The van der Waals surface area contributed by atoms with Crippen LogP contribution in [0.5, 0.6) is 0 Å². The predicted octanol–water partition coefficient (Wildman–Crippen LogP) is 1.82. The van der Waals surface area contributed by atoms with Crippen LogP contribution in [0.2, 0.25) is 5.02 Å². The topological polar surface area (TPSA) is 105 Å². The molecule has 3 amide bonds. The lowest BCUT2D eigenvalue weighted by Crippen LogP contribution is -2.43. The van der Waals surface area contributed by atoms with Crippen molar-refractivity contribution in [1.29, 1.82) is 0 Å². The first-order chi connectivity index (χ1) is 14.8. The van der Waals surface area contributed by atoms with Crippen LogP contribution in [-0.2, 0) is 18.9 Å². The van der Waals surface area contributed by atoms with E-state index < -0.39 is 23.3 Å². The number of amides is 3. The number of para-hydroxylation sites is 1. The zero-order chi connectivity index (χ0) is 22.3. The van der Waals surface area contributed by atoms with Gasteiger partial charge in [-0.15, -0.1) is 0 Å². The molecular weight excluding hydrogens is 422 g/mol. The van der Waals surface area contributed by atoms with Crippen LogP contribution < -0.4 is 26.8 Å². The molecule has 2 heterocycles. The number of rotatable bonds is 3. The number of halogens is 1. The van der Waals surface area contributed by atoms with Gasteiger partial charge in [-0.05, 0) is 36.8 Å². The van der Waals surface area contributed by atoms with Gasteiger partial charge in [0.1, 0.15) is 6.04 Å². The number of anilines is 2. The minimum Gasteiger partial charge on any atom is -0.326 e. The van der Waals surface area contributed by atoms with Crippen molar-refractivity contribution < 1.29 is 9.59 Å². The molecule has 0 spiro atoms. The van der Waals surface area contributed by atoms with Crippen molar-refractivity contribution >= 4 is 45.8 Å². The lowest BCUT2D eigenvalue weighted by Gasteiger charge is -2.18. The lowest BCUT2D eigenvalue weighted by molar-refractivity contribution is -0.118. The molecule has 1 aliphatic rings. The van der Waals surface area contributed by atoms with E-state index in [0.29, 0.717) is 40.3 Å². The van der Waals surface area contributed by atoms with Gasteiger partial charge in [0.15, 0.2) is 0 Å². The van der Waals surface area contributed by atoms with Crippen LogP contribution in [0.25, 0.3) is 10.9 Å². The molecule has 1 saturated heterocycles. The average Bonchev–Trinajstić information content (AvgIpc) is 3.10. The SMILES string of the molecule is Cn1c(=O)c2ccc(NC(=O)NC3CCN(c4ccccc4Cl)C3=O)cc2n(C)c1=O. The second kappa shape index (κ2) is 7.92. The Labute approximate surface area is 181 Å². The summed E-state index contributed by atoms with van der Waals surface area (Å²) in [5.74, 6) is -0.243. The Hall–Kier alpha value is -3.59. The van der Waals surface area contributed by atoms with E-state index in [1.807, 2.05) is 0 Å². The van der Waals surface area contributed by atoms with Crippen LogP contribution in [0.3, 0.4) is 0 Å².